The zero-order valence-electron chi connectivity index (χ0n) is 29.7. The number of carbonyl (C=O) groups is 5. The second kappa shape index (κ2) is 13.8. The van der Waals surface area contributed by atoms with Gasteiger partial charge in [-0.1, -0.05) is 50.3 Å². The normalized spacial score (nSPS) is 32.4. The molecule has 272 valence electrons. The summed E-state index contributed by atoms with van der Waals surface area (Å²) < 4.78 is 35.1. The molecule has 4 aliphatic rings. The van der Waals surface area contributed by atoms with Gasteiger partial charge < -0.3 is 38.8 Å². The zero-order valence-corrected chi connectivity index (χ0v) is 29.7. The lowest BCUT2D eigenvalue weighted by Crippen LogP contribution is -2.75. The molecule has 2 N–H and O–H groups in total. The van der Waals surface area contributed by atoms with Crippen LogP contribution in [-0.4, -0.2) is 83.4 Å². The Hall–Kier alpha value is -4.23. The Kier molecular flexibility index (Phi) is 10.2. The molecule has 13 heteroatoms. The fourth-order valence-electron chi connectivity index (χ4n) is 7.83. The third-order valence-electron chi connectivity index (χ3n) is 10.1. The van der Waals surface area contributed by atoms with Crippen molar-refractivity contribution in [1.82, 2.24) is 5.32 Å². The van der Waals surface area contributed by atoms with E-state index >= 15 is 0 Å². The molecule has 2 saturated carbocycles. The van der Waals surface area contributed by atoms with Gasteiger partial charge in [-0.05, 0) is 43.6 Å². The molecule has 1 aliphatic heterocycles. The van der Waals surface area contributed by atoms with E-state index < -0.39 is 95.0 Å². The van der Waals surface area contributed by atoms with Crippen molar-refractivity contribution >= 4 is 30.0 Å². The number of alkyl carbamates (subject to hydrolysis) is 1. The molecule has 0 bridgehead atoms. The quantitative estimate of drug-likeness (QED) is 0.296. The summed E-state index contributed by atoms with van der Waals surface area (Å²) in [6, 6.07) is 7.36. The van der Waals surface area contributed by atoms with Gasteiger partial charge in [-0.3, -0.25) is 14.4 Å². The maximum absolute atomic E-state index is 13.6. The first-order valence-electron chi connectivity index (χ1n) is 16.9. The first-order chi connectivity index (χ1) is 23.4. The summed E-state index contributed by atoms with van der Waals surface area (Å²) in [5.74, 6) is -3.63. The van der Waals surface area contributed by atoms with Crippen molar-refractivity contribution in [2.24, 2.45) is 17.3 Å². The van der Waals surface area contributed by atoms with Gasteiger partial charge >= 0.3 is 30.0 Å². The highest BCUT2D eigenvalue weighted by Gasteiger charge is 2.71. The molecule has 5 rings (SSSR count). The summed E-state index contributed by atoms with van der Waals surface area (Å²) in [5, 5.41) is 13.9. The third kappa shape index (κ3) is 7.16. The van der Waals surface area contributed by atoms with E-state index in [2.05, 4.69) is 5.32 Å². The Morgan fingerprint density at radius 3 is 2.18 bits per heavy atom. The summed E-state index contributed by atoms with van der Waals surface area (Å²) in [7, 11) is 0. The van der Waals surface area contributed by atoms with Gasteiger partial charge in [-0.15, -0.1) is 0 Å². The predicted octanol–water partition coefficient (Wildman–Crippen LogP) is 4.02. The van der Waals surface area contributed by atoms with Crippen molar-refractivity contribution in [3.63, 3.8) is 0 Å². The Morgan fingerprint density at radius 2 is 1.62 bits per heavy atom. The summed E-state index contributed by atoms with van der Waals surface area (Å²) in [6.07, 6.45) is -1.44. The Balaban J connectivity index is 1.48. The number of aliphatic hydroxyl groups is 1. The van der Waals surface area contributed by atoms with E-state index in [-0.39, 0.29) is 19.4 Å². The summed E-state index contributed by atoms with van der Waals surface area (Å²) in [4.78, 5) is 63.7. The first-order valence-corrected chi connectivity index (χ1v) is 16.9. The van der Waals surface area contributed by atoms with Crippen molar-refractivity contribution in [3.8, 4) is 0 Å². The number of aliphatic hydroxyl groups excluding tert-OH is 1. The molecule has 0 spiro atoms. The minimum Gasteiger partial charge on any atom is -0.462 e. The van der Waals surface area contributed by atoms with Gasteiger partial charge in [0, 0.05) is 45.4 Å². The van der Waals surface area contributed by atoms with Crippen molar-refractivity contribution in [1.29, 1.82) is 0 Å². The standard InChI is InChI=1S/C37H47NO12/c1-19-25-16-28(46-20(2)39)36(8)27(37(49-22(4)41)18-45-30(37)17-29(36)47-21(3)40)15-24(25)14-26(19)48-33(43)32(42)31(23-12-10-9-11-13-23)38-34(44)50-35(5,6)7/h9-13,15-16,19,26-32,42H,14,17-18H2,1-8H3,(H,38,44)/t19-,26-,27-,28-,29-,30+,31-,32+,36+,37+/m0/s1. The van der Waals surface area contributed by atoms with Gasteiger partial charge in [-0.2, -0.15) is 0 Å². The molecular formula is C37H47NO12. The molecule has 50 heavy (non-hydrogen) atoms. The Labute approximate surface area is 291 Å². The highest BCUT2D eigenvalue weighted by Crippen LogP contribution is 2.60. The van der Waals surface area contributed by atoms with Crippen LogP contribution in [0.15, 0.2) is 53.6 Å². The number of amides is 1. The average molecular weight is 698 g/mol. The van der Waals surface area contributed by atoms with Crippen LogP contribution < -0.4 is 5.32 Å². The predicted molar refractivity (Wildman–Crippen MR) is 176 cm³/mol. The number of nitrogens with one attached hydrogen (secondary N) is 1. The van der Waals surface area contributed by atoms with Gasteiger partial charge in [0.25, 0.3) is 0 Å². The van der Waals surface area contributed by atoms with Gasteiger partial charge in [0.15, 0.2) is 11.7 Å². The molecule has 0 radical (unpaired) electrons. The van der Waals surface area contributed by atoms with E-state index in [9.17, 15) is 29.1 Å². The second-order valence-corrected chi connectivity index (χ2v) is 14.8. The fraction of sp³-hybridized carbons (Fsp3) is 0.595. The number of hydrogen-bond donors (Lipinski definition) is 2. The largest absolute Gasteiger partial charge is 0.462 e. The van der Waals surface area contributed by atoms with Gasteiger partial charge in [0.05, 0.1) is 18.1 Å². The van der Waals surface area contributed by atoms with E-state index in [0.29, 0.717) is 5.56 Å². The number of hydrogen-bond acceptors (Lipinski definition) is 12. The average Bonchev–Trinajstić information content (AvgIpc) is 3.22. The number of benzene rings is 1. The maximum atomic E-state index is 13.6. The number of esters is 4. The van der Waals surface area contributed by atoms with E-state index in [4.69, 9.17) is 28.4 Å². The summed E-state index contributed by atoms with van der Waals surface area (Å²) in [6.45, 7) is 12.8. The molecule has 0 aromatic heterocycles. The molecule has 10 atom stereocenters. The molecule has 3 aliphatic carbocycles. The lowest BCUT2D eigenvalue weighted by atomic mass is 9.54. The van der Waals surface area contributed by atoms with Gasteiger partial charge in [0.1, 0.15) is 30.0 Å². The smallest absolute Gasteiger partial charge is 0.408 e. The molecular weight excluding hydrogens is 650 g/mol. The molecule has 1 aromatic carbocycles. The summed E-state index contributed by atoms with van der Waals surface area (Å²) >= 11 is 0. The molecule has 3 fully saturated rings. The molecule has 0 unspecified atom stereocenters. The van der Waals surface area contributed by atoms with Gasteiger partial charge in [-0.25, -0.2) is 9.59 Å². The minimum absolute atomic E-state index is 0.0852. The lowest BCUT2D eigenvalue weighted by Gasteiger charge is -2.62. The molecule has 13 nitrogen and oxygen atoms in total. The zero-order chi connectivity index (χ0) is 36.8. The van der Waals surface area contributed by atoms with Crippen LogP contribution in [0.3, 0.4) is 0 Å². The van der Waals surface area contributed by atoms with Crippen LogP contribution in [0.2, 0.25) is 0 Å². The van der Waals surface area contributed by atoms with E-state index in [0.717, 1.165) is 11.1 Å². The number of ether oxygens (including phenoxy) is 6. The van der Waals surface area contributed by atoms with Crippen molar-refractivity contribution in [2.45, 2.75) is 116 Å². The molecule has 1 saturated heterocycles. The Bertz CT molecular complexity index is 1580. The monoisotopic (exact) mass is 697 g/mol. The lowest BCUT2D eigenvalue weighted by molar-refractivity contribution is -0.321. The highest BCUT2D eigenvalue weighted by molar-refractivity contribution is 5.78. The number of rotatable bonds is 8. The van der Waals surface area contributed by atoms with Crippen LogP contribution in [0, 0.1) is 17.3 Å². The van der Waals surface area contributed by atoms with Crippen molar-refractivity contribution in [2.75, 3.05) is 6.61 Å². The number of carbonyl (C=O) groups excluding carboxylic acids is 5. The van der Waals surface area contributed by atoms with E-state index in [1.165, 1.54) is 20.8 Å². The maximum Gasteiger partial charge on any atom is 0.408 e. The summed E-state index contributed by atoms with van der Waals surface area (Å²) in [5.41, 5.74) is -1.05. The van der Waals surface area contributed by atoms with Crippen LogP contribution in [0.25, 0.3) is 0 Å². The van der Waals surface area contributed by atoms with Crippen LogP contribution in [0.5, 0.6) is 0 Å². The van der Waals surface area contributed by atoms with E-state index in [1.807, 2.05) is 19.9 Å². The van der Waals surface area contributed by atoms with Gasteiger partial charge in [0.2, 0.25) is 0 Å². The topological polar surface area (TPSA) is 173 Å². The van der Waals surface area contributed by atoms with E-state index in [1.54, 1.807) is 57.2 Å². The second-order valence-electron chi connectivity index (χ2n) is 14.8. The van der Waals surface area contributed by atoms with Crippen LogP contribution >= 0.6 is 0 Å². The SMILES string of the molecule is CC(=O)O[C@H]1C=C2C(=C[C@@H]3[C@]4(OC(C)=O)CO[C@@H]4C[C@H](OC(C)=O)[C@@]13C)C[C@H](OC(=O)[C@H](O)[C@@H](NC(=O)OC(C)(C)C)c1ccccc1)[C@H]2C. The fourth-order valence-corrected chi connectivity index (χ4v) is 7.83. The Morgan fingerprint density at radius 1 is 0.960 bits per heavy atom. The van der Waals surface area contributed by atoms with Crippen molar-refractivity contribution < 1.29 is 57.5 Å². The molecule has 1 heterocycles. The van der Waals surface area contributed by atoms with Crippen molar-refractivity contribution in [3.05, 3.63) is 59.2 Å². The molecule has 1 aromatic rings. The minimum atomic E-state index is -1.79. The first kappa shape index (κ1) is 37.0. The molecule has 1 amide bonds. The highest BCUT2D eigenvalue weighted by atomic mass is 16.6. The van der Waals surface area contributed by atoms with Crippen LogP contribution in [0.4, 0.5) is 4.79 Å². The third-order valence-corrected chi connectivity index (χ3v) is 10.1. The number of fused-ring (bicyclic) bond motifs is 4. The van der Waals surface area contributed by atoms with Crippen LogP contribution in [0.1, 0.15) is 79.8 Å². The van der Waals surface area contributed by atoms with Crippen LogP contribution in [-0.2, 0) is 47.6 Å².